The van der Waals surface area contributed by atoms with Crippen LogP contribution in [-0.2, 0) is 0 Å². The van der Waals surface area contributed by atoms with Gasteiger partial charge in [-0.1, -0.05) is 6.07 Å². The fourth-order valence-electron chi connectivity index (χ4n) is 2.32. The molecule has 1 aromatic carbocycles. The van der Waals surface area contributed by atoms with E-state index in [1.807, 2.05) is 0 Å². The summed E-state index contributed by atoms with van der Waals surface area (Å²) in [4.78, 5) is 6.64. The minimum absolute atomic E-state index is 0.296. The number of hydrogen-bond donors (Lipinski definition) is 1. The van der Waals surface area contributed by atoms with E-state index in [9.17, 15) is 4.39 Å². The Hall–Kier alpha value is -2.24. The van der Waals surface area contributed by atoms with Crippen molar-refractivity contribution < 1.29 is 4.39 Å². The van der Waals surface area contributed by atoms with Crippen LogP contribution in [0.25, 0.3) is 0 Å². The first-order valence-corrected chi connectivity index (χ1v) is 6.78. The second-order valence-electron chi connectivity index (χ2n) is 4.82. The molecule has 104 valence electrons. The summed E-state index contributed by atoms with van der Waals surface area (Å²) in [5.74, 6) is 0.910. The van der Waals surface area contributed by atoms with Crippen molar-refractivity contribution in [1.29, 1.82) is 0 Å². The fraction of sp³-hybridized carbons (Fsp3) is 0.357. The maximum absolute atomic E-state index is 13.1. The van der Waals surface area contributed by atoms with E-state index in [1.54, 1.807) is 18.3 Å². The molecule has 1 saturated heterocycles. The monoisotopic (exact) mass is 273 g/mol. The molecule has 2 aromatic rings. The van der Waals surface area contributed by atoms with Crippen LogP contribution < -0.4 is 10.2 Å². The van der Waals surface area contributed by atoms with Gasteiger partial charge in [-0.2, -0.15) is 10.1 Å². The molecule has 2 heterocycles. The first-order valence-electron chi connectivity index (χ1n) is 6.78. The molecule has 1 aliphatic rings. The molecule has 0 atom stereocenters. The molecule has 1 fully saturated rings. The molecular formula is C14H16FN5. The third-order valence-corrected chi connectivity index (χ3v) is 3.31. The van der Waals surface area contributed by atoms with Crippen LogP contribution in [0.2, 0.25) is 0 Å². The summed E-state index contributed by atoms with van der Waals surface area (Å²) in [5, 5.41) is 10.9. The molecule has 5 nitrogen and oxygen atoms in total. The molecule has 0 aliphatic carbocycles. The number of rotatable bonds is 3. The van der Waals surface area contributed by atoms with E-state index in [2.05, 4.69) is 25.4 Å². The smallest absolute Gasteiger partial charge is 0.249 e. The normalized spacial score (nSPS) is 15.2. The van der Waals surface area contributed by atoms with E-state index in [4.69, 9.17) is 0 Å². The maximum atomic E-state index is 13.1. The quantitative estimate of drug-likeness (QED) is 0.932. The molecule has 0 saturated carbocycles. The van der Waals surface area contributed by atoms with Gasteiger partial charge in [-0.3, -0.25) is 0 Å². The van der Waals surface area contributed by atoms with Crippen LogP contribution in [0, 0.1) is 5.82 Å². The Morgan fingerprint density at radius 1 is 1.15 bits per heavy atom. The predicted octanol–water partition coefficient (Wildman–Crippen LogP) is 2.74. The first kappa shape index (κ1) is 12.8. The molecule has 1 aromatic heterocycles. The Morgan fingerprint density at radius 2 is 2.00 bits per heavy atom. The highest BCUT2D eigenvalue weighted by atomic mass is 19.1. The summed E-state index contributed by atoms with van der Waals surface area (Å²) in [7, 11) is 0. The number of aromatic nitrogens is 3. The molecule has 1 aliphatic heterocycles. The van der Waals surface area contributed by atoms with Crippen LogP contribution in [0.3, 0.4) is 0 Å². The number of benzene rings is 1. The van der Waals surface area contributed by atoms with E-state index in [0.29, 0.717) is 11.6 Å². The van der Waals surface area contributed by atoms with Gasteiger partial charge in [0.15, 0.2) is 5.82 Å². The Bertz CT molecular complexity index is 583. The van der Waals surface area contributed by atoms with Crippen molar-refractivity contribution in [3.8, 4) is 0 Å². The average molecular weight is 273 g/mol. The summed E-state index contributed by atoms with van der Waals surface area (Å²) in [6.45, 7) is 2.00. The van der Waals surface area contributed by atoms with Crippen molar-refractivity contribution in [3.63, 3.8) is 0 Å². The number of halogens is 1. The second kappa shape index (κ2) is 5.81. The van der Waals surface area contributed by atoms with Crippen LogP contribution >= 0.6 is 0 Å². The van der Waals surface area contributed by atoms with Crippen LogP contribution in [0.15, 0.2) is 30.5 Å². The van der Waals surface area contributed by atoms with E-state index in [0.717, 1.165) is 18.9 Å². The highest BCUT2D eigenvalue weighted by Crippen LogP contribution is 2.19. The van der Waals surface area contributed by atoms with Crippen LogP contribution in [0.5, 0.6) is 0 Å². The summed E-state index contributed by atoms with van der Waals surface area (Å²) < 4.78 is 13.1. The number of nitrogens with zero attached hydrogens (tertiary/aromatic N) is 4. The molecule has 0 radical (unpaired) electrons. The molecule has 0 bridgehead atoms. The standard InChI is InChI=1S/C14H16FN5/c15-11-5-4-6-12(9-11)17-14-18-13(10-16-19-14)20-7-2-1-3-8-20/h4-6,9-10H,1-3,7-8H2,(H,17,18,19). The lowest BCUT2D eigenvalue weighted by Crippen LogP contribution is -2.30. The van der Waals surface area contributed by atoms with E-state index in [1.165, 1.54) is 31.4 Å². The molecule has 6 heteroatoms. The summed E-state index contributed by atoms with van der Waals surface area (Å²) in [5.41, 5.74) is 0.614. The highest BCUT2D eigenvalue weighted by Gasteiger charge is 2.13. The second-order valence-corrected chi connectivity index (χ2v) is 4.82. The van der Waals surface area contributed by atoms with Crippen molar-refractivity contribution in [2.75, 3.05) is 23.3 Å². The summed E-state index contributed by atoms with van der Waals surface area (Å²) in [6, 6.07) is 6.20. The van der Waals surface area contributed by atoms with E-state index < -0.39 is 0 Å². The summed E-state index contributed by atoms with van der Waals surface area (Å²) in [6.07, 6.45) is 5.29. The van der Waals surface area contributed by atoms with Crippen molar-refractivity contribution in [3.05, 3.63) is 36.3 Å². The van der Waals surface area contributed by atoms with E-state index >= 15 is 0 Å². The SMILES string of the molecule is Fc1cccc(Nc2nncc(N3CCCCC3)n2)c1. The van der Waals surface area contributed by atoms with Crippen LogP contribution in [0.4, 0.5) is 21.8 Å². The molecule has 3 rings (SSSR count). The van der Waals surface area contributed by atoms with Gasteiger partial charge in [-0.25, -0.2) is 4.39 Å². The zero-order valence-corrected chi connectivity index (χ0v) is 11.1. The largest absolute Gasteiger partial charge is 0.355 e. The van der Waals surface area contributed by atoms with E-state index in [-0.39, 0.29) is 5.82 Å². The number of nitrogens with one attached hydrogen (secondary N) is 1. The van der Waals surface area contributed by atoms with Crippen molar-refractivity contribution >= 4 is 17.5 Å². The van der Waals surface area contributed by atoms with Gasteiger partial charge in [0.1, 0.15) is 5.82 Å². The van der Waals surface area contributed by atoms with Gasteiger partial charge >= 0.3 is 0 Å². The van der Waals surface area contributed by atoms with Crippen molar-refractivity contribution in [2.24, 2.45) is 0 Å². The lowest BCUT2D eigenvalue weighted by Gasteiger charge is -2.27. The van der Waals surface area contributed by atoms with Gasteiger partial charge in [0.2, 0.25) is 5.95 Å². The molecule has 1 N–H and O–H groups in total. The summed E-state index contributed by atoms with van der Waals surface area (Å²) >= 11 is 0. The van der Waals surface area contributed by atoms with Crippen LogP contribution in [-0.4, -0.2) is 28.3 Å². The maximum Gasteiger partial charge on any atom is 0.249 e. The Balaban J connectivity index is 1.77. The van der Waals surface area contributed by atoms with Crippen molar-refractivity contribution in [1.82, 2.24) is 15.2 Å². The fourth-order valence-corrected chi connectivity index (χ4v) is 2.32. The molecule has 20 heavy (non-hydrogen) atoms. The van der Waals surface area contributed by atoms with Gasteiger partial charge in [-0.15, -0.1) is 5.10 Å². The molecule has 0 unspecified atom stereocenters. The van der Waals surface area contributed by atoms with Gasteiger partial charge in [0.05, 0.1) is 6.20 Å². The first-order chi connectivity index (χ1) is 9.81. The van der Waals surface area contributed by atoms with Crippen molar-refractivity contribution in [2.45, 2.75) is 19.3 Å². The zero-order chi connectivity index (χ0) is 13.8. The third-order valence-electron chi connectivity index (χ3n) is 3.31. The van der Waals surface area contributed by atoms with Gasteiger partial charge in [0, 0.05) is 18.8 Å². The minimum atomic E-state index is -0.296. The lowest BCUT2D eigenvalue weighted by molar-refractivity contribution is 0.572. The molecular weight excluding hydrogens is 257 g/mol. The number of hydrogen-bond acceptors (Lipinski definition) is 5. The Kier molecular flexibility index (Phi) is 3.71. The van der Waals surface area contributed by atoms with Gasteiger partial charge in [-0.05, 0) is 37.5 Å². The van der Waals surface area contributed by atoms with Gasteiger partial charge in [0.25, 0.3) is 0 Å². The molecule has 0 spiro atoms. The predicted molar refractivity (Wildman–Crippen MR) is 75.6 cm³/mol. The highest BCUT2D eigenvalue weighted by molar-refractivity contribution is 5.54. The number of anilines is 3. The average Bonchev–Trinajstić information content (AvgIpc) is 2.48. The lowest BCUT2D eigenvalue weighted by atomic mass is 10.1. The Labute approximate surface area is 116 Å². The number of piperidine rings is 1. The van der Waals surface area contributed by atoms with Crippen LogP contribution in [0.1, 0.15) is 19.3 Å². The molecule has 0 amide bonds. The third kappa shape index (κ3) is 3.01. The Morgan fingerprint density at radius 3 is 2.80 bits per heavy atom. The minimum Gasteiger partial charge on any atom is -0.355 e. The zero-order valence-electron chi connectivity index (χ0n) is 11.1. The van der Waals surface area contributed by atoms with Gasteiger partial charge < -0.3 is 10.2 Å². The topological polar surface area (TPSA) is 53.9 Å².